The van der Waals surface area contributed by atoms with Gasteiger partial charge in [-0.15, -0.1) is 0 Å². The number of nitrogens with zero attached hydrogens (tertiary/aromatic N) is 3. The van der Waals surface area contributed by atoms with Crippen molar-refractivity contribution in [1.29, 1.82) is 0 Å². The molecule has 0 N–H and O–H groups in total. The molecule has 0 saturated heterocycles. The molecule has 8 heteroatoms. The monoisotopic (exact) mass is 289 g/mol. The van der Waals surface area contributed by atoms with Crippen LogP contribution in [0.25, 0.3) is 0 Å². The Balaban J connectivity index is 2.21. The third-order valence-corrected chi connectivity index (χ3v) is 4.18. The van der Waals surface area contributed by atoms with E-state index in [0.717, 1.165) is 4.31 Å². The predicted molar refractivity (Wildman–Crippen MR) is 65.9 cm³/mol. The van der Waals surface area contributed by atoms with Crippen LogP contribution in [-0.4, -0.2) is 36.6 Å². The number of furan rings is 1. The molecule has 0 bridgehead atoms. The third kappa shape index (κ3) is 2.58. The van der Waals surface area contributed by atoms with Crippen molar-refractivity contribution < 1.29 is 12.8 Å². The Hall–Kier alpha value is -1.31. The summed E-state index contributed by atoms with van der Waals surface area (Å²) in [5.41, 5.74) is 0. The normalized spacial score (nSPS) is 12.2. The summed E-state index contributed by atoms with van der Waals surface area (Å²) in [6.45, 7) is 0.329. The standard InChI is InChI=1S/C10H12ClN3O3S/c1-13(2)18(15,16)10-4-3-9(17-10)7-14-6-8(11)5-12-14/h3-6H,7H2,1-2H3. The van der Waals surface area contributed by atoms with Crippen LogP contribution in [0.1, 0.15) is 5.76 Å². The minimum Gasteiger partial charge on any atom is -0.446 e. The largest absolute Gasteiger partial charge is 0.446 e. The van der Waals surface area contributed by atoms with Crippen molar-refractivity contribution >= 4 is 21.6 Å². The molecular formula is C10H12ClN3O3S. The van der Waals surface area contributed by atoms with E-state index in [9.17, 15) is 8.42 Å². The highest BCUT2D eigenvalue weighted by atomic mass is 35.5. The summed E-state index contributed by atoms with van der Waals surface area (Å²) in [7, 11) is -0.634. The summed E-state index contributed by atoms with van der Waals surface area (Å²) in [4.78, 5) is 0. The summed E-state index contributed by atoms with van der Waals surface area (Å²) < 4.78 is 31.5. The van der Waals surface area contributed by atoms with Crippen LogP contribution in [0.15, 0.2) is 34.0 Å². The average Bonchev–Trinajstić information content (AvgIpc) is 2.88. The van der Waals surface area contributed by atoms with Gasteiger partial charge in [0.25, 0.3) is 10.0 Å². The molecule has 2 heterocycles. The van der Waals surface area contributed by atoms with Crippen molar-refractivity contribution in [3.63, 3.8) is 0 Å². The molecule has 0 aromatic carbocycles. The smallest absolute Gasteiger partial charge is 0.275 e. The maximum atomic E-state index is 11.8. The molecule has 0 atom stereocenters. The molecule has 98 valence electrons. The molecule has 0 aliphatic heterocycles. The molecule has 0 spiro atoms. The molecule has 0 saturated carbocycles. The Morgan fingerprint density at radius 2 is 2.17 bits per heavy atom. The van der Waals surface area contributed by atoms with Crippen LogP contribution in [0, 0.1) is 0 Å². The van der Waals surface area contributed by atoms with Crippen molar-refractivity contribution in [3.8, 4) is 0 Å². The Morgan fingerprint density at radius 1 is 1.44 bits per heavy atom. The van der Waals surface area contributed by atoms with Crippen molar-refractivity contribution in [1.82, 2.24) is 14.1 Å². The predicted octanol–water partition coefficient (Wildman–Crippen LogP) is 1.43. The number of halogens is 1. The third-order valence-electron chi connectivity index (χ3n) is 2.29. The van der Waals surface area contributed by atoms with Crippen LogP contribution < -0.4 is 0 Å². The minimum atomic E-state index is -3.53. The van der Waals surface area contributed by atoms with E-state index in [0.29, 0.717) is 17.3 Å². The highest BCUT2D eigenvalue weighted by molar-refractivity contribution is 7.88. The Labute approximate surface area is 110 Å². The fourth-order valence-electron chi connectivity index (χ4n) is 1.35. The first-order valence-corrected chi connectivity index (χ1v) is 6.90. The van der Waals surface area contributed by atoms with Crippen molar-refractivity contribution in [2.75, 3.05) is 14.1 Å². The number of aromatic nitrogens is 2. The van der Waals surface area contributed by atoms with Gasteiger partial charge < -0.3 is 4.42 Å². The Bertz CT molecular complexity index is 645. The van der Waals surface area contributed by atoms with Gasteiger partial charge in [-0.1, -0.05) is 11.6 Å². The molecule has 0 radical (unpaired) electrons. The lowest BCUT2D eigenvalue weighted by Gasteiger charge is -2.07. The van der Waals surface area contributed by atoms with E-state index in [-0.39, 0.29) is 5.09 Å². The van der Waals surface area contributed by atoms with E-state index < -0.39 is 10.0 Å². The summed E-state index contributed by atoms with van der Waals surface area (Å²) in [6, 6.07) is 3.03. The lowest BCUT2D eigenvalue weighted by atomic mass is 10.4. The van der Waals surface area contributed by atoms with Crippen LogP contribution >= 0.6 is 11.6 Å². The number of rotatable bonds is 4. The second-order valence-electron chi connectivity index (χ2n) is 3.86. The van der Waals surface area contributed by atoms with Gasteiger partial charge in [-0.3, -0.25) is 4.68 Å². The summed E-state index contributed by atoms with van der Waals surface area (Å²) in [5, 5.41) is 4.42. The van der Waals surface area contributed by atoms with Crippen molar-refractivity contribution in [2.45, 2.75) is 11.6 Å². The lowest BCUT2D eigenvalue weighted by molar-refractivity contribution is 0.387. The summed E-state index contributed by atoms with van der Waals surface area (Å²) >= 11 is 5.73. The lowest BCUT2D eigenvalue weighted by Crippen LogP contribution is -2.21. The summed E-state index contributed by atoms with van der Waals surface area (Å²) in [5.74, 6) is 0.496. The van der Waals surface area contributed by atoms with Crippen molar-refractivity contribution in [3.05, 3.63) is 35.3 Å². The zero-order chi connectivity index (χ0) is 13.3. The second-order valence-corrected chi connectivity index (χ2v) is 6.38. The van der Waals surface area contributed by atoms with E-state index in [1.54, 1.807) is 16.9 Å². The van der Waals surface area contributed by atoms with Crippen LogP contribution in [0.3, 0.4) is 0 Å². The molecule has 0 aliphatic carbocycles. The quantitative estimate of drug-likeness (QED) is 0.854. The number of sulfonamides is 1. The van der Waals surface area contributed by atoms with E-state index >= 15 is 0 Å². The maximum Gasteiger partial charge on any atom is 0.275 e. The van der Waals surface area contributed by atoms with E-state index in [1.165, 1.54) is 26.4 Å². The van der Waals surface area contributed by atoms with Crippen molar-refractivity contribution in [2.24, 2.45) is 0 Å². The van der Waals surface area contributed by atoms with Gasteiger partial charge in [-0.2, -0.15) is 5.10 Å². The first-order chi connectivity index (χ1) is 8.39. The zero-order valence-corrected chi connectivity index (χ0v) is 11.4. The first-order valence-electron chi connectivity index (χ1n) is 5.09. The van der Waals surface area contributed by atoms with E-state index in [2.05, 4.69) is 5.10 Å². The summed E-state index contributed by atoms with van der Waals surface area (Å²) in [6.07, 6.45) is 3.13. The Morgan fingerprint density at radius 3 is 2.72 bits per heavy atom. The van der Waals surface area contributed by atoms with E-state index in [1.807, 2.05) is 0 Å². The molecule has 0 unspecified atom stereocenters. The van der Waals surface area contributed by atoms with Gasteiger partial charge in [0.05, 0.1) is 17.8 Å². The molecule has 0 amide bonds. The molecule has 6 nitrogen and oxygen atoms in total. The van der Waals surface area contributed by atoms with Gasteiger partial charge in [-0.25, -0.2) is 12.7 Å². The average molecular weight is 290 g/mol. The molecule has 2 aromatic rings. The highest BCUT2D eigenvalue weighted by Gasteiger charge is 2.21. The molecular weight excluding hydrogens is 278 g/mol. The van der Waals surface area contributed by atoms with Gasteiger partial charge in [0, 0.05) is 20.3 Å². The van der Waals surface area contributed by atoms with Gasteiger partial charge in [0.15, 0.2) is 0 Å². The topological polar surface area (TPSA) is 68.3 Å². The highest BCUT2D eigenvalue weighted by Crippen LogP contribution is 2.17. The van der Waals surface area contributed by atoms with Crippen LogP contribution in [0.4, 0.5) is 0 Å². The minimum absolute atomic E-state index is 0.0826. The first kappa shape index (κ1) is 13.1. The van der Waals surface area contributed by atoms with Crippen LogP contribution in [0.2, 0.25) is 5.02 Å². The van der Waals surface area contributed by atoms with E-state index in [4.69, 9.17) is 16.0 Å². The Kier molecular flexibility index (Phi) is 3.47. The molecule has 2 rings (SSSR count). The van der Waals surface area contributed by atoms with Crippen LogP contribution in [-0.2, 0) is 16.6 Å². The van der Waals surface area contributed by atoms with Gasteiger partial charge in [0.2, 0.25) is 5.09 Å². The zero-order valence-electron chi connectivity index (χ0n) is 9.87. The van der Waals surface area contributed by atoms with Gasteiger partial charge >= 0.3 is 0 Å². The fourth-order valence-corrected chi connectivity index (χ4v) is 2.31. The molecule has 0 fully saturated rings. The molecule has 0 aliphatic rings. The second kappa shape index (κ2) is 4.75. The maximum absolute atomic E-state index is 11.8. The molecule has 2 aromatic heterocycles. The SMILES string of the molecule is CN(C)S(=O)(=O)c1ccc(Cn2cc(Cl)cn2)o1. The number of hydrogen-bond donors (Lipinski definition) is 0. The van der Waals surface area contributed by atoms with Gasteiger partial charge in [-0.05, 0) is 12.1 Å². The molecule has 18 heavy (non-hydrogen) atoms. The van der Waals surface area contributed by atoms with Crippen LogP contribution in [0.5, 0.6) is 0 Å². The number of hydrogen-bond acceptors (Lipinski definition) is 4. The fraction of sp³-hybridized carbons (Fsp3) is 0.300. The van der Waals surface area contributed by atoms with Gasteiger partial charge in [0.1, 0.15) is 5.76 Å².